The molecule has 112 valence electrons. The van der Waals surface area contributed by atoms with Gasteiger partial charge in [0.2, 0.25) is 0 Å². The molecule has 22 heavy (non-hydrogen) atoms. The third-order valence-electron chi connectivity index (χ3n) is 3.06. The van der Waals surface area contributed by atoms with E-state index >= 15 is 0 Å². The SMILES string of the molecule is CCOc1ccc(NC(=O)/C(C#N)=C\c2cccn2C)cc1. The third-order valence-corrected chi connectivity index (χ3v) is 3.06. The van der Waals surface area contributed by atoms with Crippen molar-refractivity contribution in [1.29, 1.82) is 5.26 Å². The van der Waals surface area contributed by atoms with E-state index in [9.17, 15) is 4.79 Å². The standard InChI is InChI=1S/C17H17N3O2/c1-3-22-16-8-6-14(7-9-16)19-17(21)13(12-18)11-15-5-4-10-20(15)2/h4-11H,3H2,1-2H3,(H,19,21)/b13-11-. The Kier molecular flexibility index (Phi) is 4.99. The van der Waals surface area contributed by atoms with Gasteiger partial charge in [-0.25, -0.2) is 0 Å². The number of ether oxygens (including phenoxy) is 1. The predicted molar refractivity (Wildman–Crippen MR) is 85.2 cm³/mol. The zero-order valence-corrected chi connectivity index (χ0v) is 12.5. The molecule has 1 heterocycles. The Balaban J connectivity index is 2.11. The maximum absolute atomic E-state index is 12.1. The summed E-state index contributed by atoms with van der Waals surface area (Å²) in [5.74, 6) is 0.299. The fourth-order valence-corrected chi connectivity index (χ4v) is 1.92. The van der Waals surface area contributed by atoms with Crippen LogP contribution in [0, 0.1) is 11.3 Å². The summed E-state index contributed by atoms with van der Waals surface area (Å²) < 4.78 is 7.17. The number of nitrogens with one attached hydrogen (secondary N) is 1. The molecule has 2 aromatic rings. The molecule has 0 aliphatic rings. The largest absolute Gasteiger partial charge is 0.494 e. The predicted octanol–water partition coefficient (Wildman–Crippen LogP) is 2.97. The number of benzene rings is 1. The molecule has 1 N–H and O–H groups in total. The van der Waals surface area contributed by atoms with Gasteiger partial charge in [-0.05, 0) is 49.4 Å². The number of hydrogen-bond acceptors (Lipinski definition) is 3. The fraction of sp³-hybridized carbons (Fsp3) is 0.176. The highest BCUT2D eigenvalue weighted by Crippen LogP contribution is 2.16. The summed E-state index contributed by atoms with van der Waals surface area (Å²) in [6.45, 7) is 2.49. The first-order chi connectivity index (χ1) is 10.6. The van der Waals surface area contributed by atoms with Crippen LogP contribution in [0.3, 0.4) is 0 Å². The highest BCUT2D eigenvalue weighted by atomic mass is 16.5. The summed E-state index contributed by atoms with van der Waals surface area (Å²) in [6, 6.07) is 12.6. The lowest BCUT2D eigenvalue weighted by atomic mass is 10.2. The minimum Gasteiger partial charge on any atom is -0.494 e. The zero-order chi connectivity index (χ0) is 15.9. The smallest absolute Gasteiger partial charge is 0.266 e. The second-order valence-electron chi connectivity index (χ2n) is 4.63. The number of nitriles is 1. The number of aromatic nitrogens is 1. The van der Waals surface area contributed by atoms with Crippen LogP contribution in [0.2, 0.25) is 0 Å². The monoisotopic (exact) mass is 295 g/mol. The molecule has 0 spiro atoms. The molecule has 0 fully saturated rings. The number of rotatable bonds is 5. The van der Waals surface area contributed by atoms with Crippen molar-refractivity contribution in [3.63, 3.8) is 0 Å². The molecule has 0 saturated carbocycles. The van der Waals surface area contributed by atoms with Crippen LogP contribution in [0.15, 0.2) is 48.2 Å². The average molecular weight is 295 g/mol. The van der Waals surface area contributed by atoms with Gasteiger partial charge in [0.05, 0.1) is 6.61 Å². The number of nitrogens with zero attached hydrogens (tertiary/aromatic N) is 2. The third kappa shape index (κ3) is 3.76. The summed E-state index contributed by atoms with van der Waals surface area (Å²) in [7, 11) is 1.85. The van der Waals surface area contributed by atoms with Gasteiger partial charge in [-0.3, -0.25) is 4.79 Å². The number of carbonyl (C=O) groups excluding carboxylic acids is 1. The van der Waals surface area contributed by atoms with Gasteiger partial charge in [0.15, 0.2) is 0 Å². The van der Waals surface area contributed by atoms with E-state index in [1.54, 1.807) is 30.3 Å². The Labute approximate surface area is 129 Å². The van der Waals surface area contributed by atoms with Crippen LogP contribution in [-0.2, 0) is 11.8 Å². The first-order valence-corrected chi connectivity index (χ1v) is 6.91. The molecule has 0 bridgehead atoms. The van der Waals surface area contributed by atoms with Gasteiger partial charge in [0, 0.05) is 24.6 Å². The van der Waals surface area contributed by atoms with E-state index in [4.69, 9.17) is 10.00 Å². The average Bonchev–Trinajstić information content (AvgIpc) is 2.92. The lowest BCUT2D eigenvalue weighted by molar-refractivity contribution is -0.112. The lowest BCUT2D eigenvalue weighted by Gasteiger charge is -2.06. The Morgan fingerprint density at radius 2 is 2.09 bits per heavy atom. The second-order valence-corrected chi connectivity index (χ2v) is 4.63. The van der Waals surface area contributed by atoms with Gasteiger partial charge in [-0.1, -0.05) is 0 Å². The molecule has 1 aromatic carbocycles. The van der Waals surface area contributed by atoms with Crippen molar-refractivity contribution < 1.29 is 9.53 Å². The van der Waals surface area contributed by atoms with Crippen molar-refractivity contribution in [2.24, 2.45) is 7.05 Å². The van der Waals surface area contributed by atoms with E-state index in [1.165, 1.54) is 0 Å². The van der Waals surface area contributed by atoms with E-state index in [0.717, 1.165) is 11.4 Å². The molecular weight excluding hydrogens is 278 g/mol. The first-order valence-electron chi connectivity index (χ1n) is 6.91. The summed E-state index contributed by atoms with van der Waals surface area (Å²) in [5, 5.41) is 11.9. The number of carbonyl (C=O) groups is 1. The van der Waals surface area contributed by atoms with Gasteiger partial charge < -0.3 is 14.6 Å². The number of hydrogen-bond donors (Lipinski definition) is 1. The van der Waals surface area contributed by atoms with Crippen LogP contribution in [0.5, 0.6) is 5.75 Å². The van der Waals surface area contributed by atoms with Crippen LogP contribution in [0.25, 0.3) is 6.08 Å². The molecular formula is C17H17N3O2. The highest BCUT2D eigenvalue weighted by Gasteiger charge is 2.10. The van der Waals surface area contributed by atoms with Gasteiger partial charge >= 0.3 is 0 Å². The number of aryl methyl sites for hydroxylation is 1. The van der Waals surface area contributed by atoms with Crippen LogP contribution in [0.4, 0.5) is 5.69 Å². The van der Waals surface area contributed by atoms with E-state index in [-0.39, 0.29) is 5.57 Å². The van der Waals surface area contributed by atoms with Crippen molar-refractivity contribution in [1.82, 2.24) is 4.57 Å². The first kappa shape index (κ1) is 15.4. The van der Waals surface area contributed by atoms with E-state index < -0.39 is 5.91 Å². The molecule has 1 amide bonds. The molecule has 0 aliphatic heterocycles. The van der Waals surface area contributed by atoms with Gasteiger partial charge in [-0.15, -0.1) is 0 Å². The van der Waals surface area contributed by atoms with Crippen LogP contribution in [0.1, 0.15) is 12.6 Å². The lowest BCUT2D eigenvalue weighted by Crippen LogP contribution is -2.13. The molecule has 5 nitrogen and oxygen atoms in total. The van der Waals surface area contributed by atoms with Crippen molar-refractivity contribution >= 4 is 17.7 Å². The molecule has 0 unspecified atom stereocenters. The number of anilines is 1. The van der Waals surface area contributed by atoms with Crippen molar-refractivity contribution in [3.8, 4) is 11.8 Å². The van der Waals surface area contributed by atoms with Crippen molar-refractivity contribution in [2.75, 3.05) is 11.9 Å². The zero-order valence-electron chi connectivity index (χ0n) is 12.5. The topological polar surface area (TPSA) is 67.0 Å². The Morgan fingerprint density at radius 1 is 1.36 bits per heavy atom. The summed E-state index contributed by atoms with van der Waals surface area (Å²) in [4.78, 5) is 12.1. The molecule has 1 aromatic heterocycles. The normalized spacial score (nSPS) is 10.9. The summed E-state index contributed by atoms with van der Waals surface area (Å²) in [5.41, 5.74) is 1.45. The van der Waals surface area contributed by atoms with E-state index in [2.05, 4.69) is 5.32 Å². The quantitative estimate of drug-likeness (QED) is 0.681. The van der Waals surface area contributed by atoms with Crippen molar-refractivity contribution in [2.45, 2.75) is 6.92 Å². The molecule has 2 rings (SSSR count). The van der Waals surface area contributed by atoms with Crippen LogP contribution < -0.4 is 10.1 Å². The second kappa shape index (κ2) is 7.14. The summed E-state index contributed by atoms with van der Waals surface area (Å²) in [6.07, 6.45) is 3.41. The minimum atomic E-state index is -0.437. The van der Waals surface area contributed by atoms with Crippen LogP contribution in [-0.4, -0.2) is 17.1 Å². The molecule has 0 aliphatic carbocycles. The molecule has 0 radical (unpaired) electrons. The Bertz CT molecular complexity index is 721. The van der Waals surface area contributed by atoms with Crippen molar-refractivity contribution in [3.05, 3.63) is 53.9 Å². The van der Waals surface area contributed by atoms with E-state index in [0.29, 0.717) is 12.3 Å². The molecule has 0 atom stereocenters. The summed E-state index contributed by atoms with van der Waals surface area (Å²) >= 11 is 0. The number of amides is 1. The minimum absolute atomic E-state index is 0.0516. The van der Waals surface area contributed by atoms with Gasteiger partial charge in [0.1, 0.15) is 17.4 Å². The van der Waals surface area contributed by atoms with Crippen LogP contribution >= 0.6 is 0 Å². The van der Waals surface area contributed by atoms with Gasteiger partial charge in [-0.2, -0.15) is 5.26 Å². The fourth-order valence-electron chi connectivity index (χ4n) is 1.92. The van der Waals surface area contributed by atoms with E-state index in [1.807, 2.05) is 42.9 Å². The van der Waals surface area contributed by atoms with Gasteiger partial charge in [0.25, 0.3) is 5.91 Å². The highest BCUT2D eigenvalue weighted by molar-refractivity contribution is 6.09. The Hall–Kier alpha value is -3.00. The molecule has 0 saturated heterocycles. The molecule has 5 heteroatoms. The maximum atomic E-state index is 12.1. The Morgan fingerprint density at radius 3 is 2.64 bits per heavy atom. The maximum Gasteiger partial charge on any atom is 0.266 e.